The minimum absolute atomic E-state index is 0.0748. The number of rotatable bonds is 2. The molecule has 0 spiro atoms. The fourth-order valence-corrected chi connectivity index (χ4v) is 4.12. The normalized spacial score (nSPS) is 17.4. The van der Waals surface area contributed by atoms with Crippen molar-refractivity contribution in [2.24, 2.45) is 0 Å². The maximum atomic E-state index is 13.0. The third-order valence-electron chi connectivity index (χ3n) is 5.35. The van der Waals surface area contributed by atoms with E-state index in [0.717, 1.165) is 47.3 Å². The number of nitrogens with one attached hydrogen (secondary N) is 1. The van der Waals surface area contributed by atoms with Crippen LogP contribution in [0.1, 0.15) is 28.8 Å². The number of likely N-dealkylation sites (tertiary alicyclic amines) is 1. The second-order valence-corrected chi connectivity index (χ2v) is 6.98. The second-order valence-electron chi connectivity index (χ2n) is 6.98. The summed E-state index contributed by atoms with van der Waals surface area (Å²) in [6.07, 6.45) is 0.952. The molecule has 0 radical (unpaired) electrons. The molecule has 1 atom stereocenters. The van der Waals surface area contributed by atoms with Crippen LogP contribution in [0.4, 0.5) is 0 Å². The monoisotopic (exact) mass is 344 g/mol. The summed E-state index contributed by atoms with van der Waals surface area (Å²) in [7, 11) is 0. The zero-order valence-corrected chi connectivity index (χ0v) is 14.6. The molecule has 1 aliphatic rings. The number of benzene rings is 2. The van der Waals surface area contributed by atoms with Gasteiger partial charge in [-0.1, -0.05) is 30.3 Å². The van der Waals surface area contributed by atoms with Crippen molar-refractivity contribution in [2.75, 3.05) is 13.1 Å². The van der Waals surface area contributed by atoms with Gasteiger partial charge in [-0.05, 0) is 37.6 Å². The summed E-state index contributed by atoms with van der Waals surface area (Å²) in [6.45, 7) is 3.53. The molecular formula is C21H20N4O. The molecule has 0 saturated carbocycles. The van der Waals surface area contributed by atoms with E-state index in [0.29, 0.717) is 5.69 Å². The largest absolute Gasteiger partial charge is 0.351 e. The summed E-state index contributed by atoms with van der Waals surface area (Å²) in [5.41, 5.74) is 3.84. The number of fused-ring (bicyclic) bond motifs is 2. The van der Waals surface area contributed by atoms with Crippen molar-refractivity contribution in [3.05, 3.63) is 66.1 Å². The number of aromatic amines is 1. The van der Waals surface area contributed by atoms with E-state index in [4.69, 9.17) is 0 Å². The first-order valence-electron chi connectivity index (χ1n) is 9.01. The van der Waals surface area contributed by atoms with Gasteiger partial charge in [0.15, 0.2) is 0 Å². The number of aromatic nitrogens is 3. The van der Waals surface area contributed by atoms with Crippen LogP contribution >= 0.6 is 0 Å². The van der Waals surface area contributed by atoms with Crippen molar-refractivity contribution < 1.29 is 4.79 Å². The fraction of sp³-hybridized carbons (Fsp3) is 0.238. The third kappa shape index (κ3) is 2.31. The highest BCUT2D eigenvalue weighted by atomic mass is 16.2. The molecule has 1 amide bonds. The number of H-pyrrole nitrogens is 1. The maximum absolute atomic E-state index is 13.0. The van der Waals surface area contributed by atoms with E-state index in [9.17, 15) is 4.79 Å². The number of amides is 1. The summed E-state index contributed by atoms with van der Waals surface area (Å²) in [6, 6.07) is 18.4. The summed E-state index contributed by atoms with van der Waals surface area (Å²) in [4.78, 5) is 22.8. The highest BCUT2D eigenvalue weighted by molar-refractivity contribution is 5.98. The van der Waals surface area contributed by atoms with E-state index in [1.165, 1.54) is 0 Å². The van der Waals surface area contributed by atoms with Crippen LogP contribution in [0, 0.1) is 6.92 Å². The van der Waals surface area contributed by atoms with E-state index < -0.39 is 0 Å². The molecule has 26 heavy (non-hydrogen) atoms. The van der Waals surface area contributed by atoms with Crippen LogP contribution < -0.4 is 0 Å². The Hall–Kier alpha value is -3.08. The first-order valence-corrected chi connectivity index (χ1v) is 9.01. The Balaban J connectivity index is 1.43. The summed E-state index contributed by atoms with van der Waals surface area (Å²) in [5, 5.41) is 1.07. The molecule has 4 aromatic rings. The lowest BCUT2D eigenvalue weighted by Gasteiger charge is -2.18. The van der Waals surface area contributed by atoms with Gasteiger partial charge in [0.25, 0.3) is 5.91 Å². The van der Waals surface area contributed by atoms with E-state index in [-0.39, 0.29) is 11.9 Å². The quantitative estimate of drug-likeness (QED) is 0.599. The topological polar surface area (TPSA) is 53.9 Å². The highest BCUT2D eigenvalue weighted by Crippen LogP contribution is 2.29. The molecule has 5 rings (SSSR count). The van der Waals surface area contributed by atoms with Gasteiger partial charge in [-0.15, -0.1) is 0 Å². The molecule has 0 aliphatic carbocycles. The van der Waals surface area contributed by atoms with Crippen LogP contribution in [-0.4, -0.2) is 38.4 Å². The number of carbonyl (C=O) groups is 1. The van der Waals surface area contributed by atoms with Crippen molar-refractivity contribution >= 4 is 27.8 Å². The van der Waals surface area contributed by atoms with Crippen LogP contribution in [0.15, 0.2) is 54.6 Å². The van der Waals surface area contributed by atoms with Crippen LogP contribution in [0.3, 0.4) is 0 Å². The average molecular weight is 344 g/mol. The second kappa shape index (κ2) is 5.73. The van der Waals surface area contributed by atoms with Gasteiger partial charge in [0.05, 0.1) is 17.1 Å². The minimum Gasteiger partial charge on any atom is -0.351 e. The number of carbonyl (C=O) groups excluding carboxylic acids is 1. The fourth-order valence-electron chi connectivity index (χ4n) is 4.12. The number of imidazole rings is 1. The van der Waals surface area contributed by atoms with E-state index >= 15 is 0 Å². The van der Waals surface area contributed by atoms with Crippen LogP contribution in [0.25, 0.3) is 21.9 Å². The summed E-state index contributed by atoms with van der Waals surface area (Å²) < 4.78 is 2.29. The molecule has 130 valence electrons. The molecule has 3 heterocycles. The molecule has 5 heteroatoms. The molecule has 5 nitrogen and oxygen atoms in total. The van der Waals surface area contributed by atoms with Crippen LogP contribution in [0.5, 0.6) is 0 Å². The molecule has 2 aromatic heterocycles. The zero-order chi connectivity index (χ0) is 17.7. The minimum atomic E-state index is 0.0748. The molecule has 2 aromatic carbocycles. The van der Waals surface area contributed by atoms with Gasteiger partial charge in [0.2, 0.25) is 0 Å². The highest BCUT2D eigenvalue weighted by Gasteiger charge is 2.30. The van der Waals surface area contributed by atoms with E-state index in [2.05, 4.69) is 20.6 Å². The molecule has 1 N–H and O–H groups in total. The van der Waals surface area contributed by atoms with Crippen molar-refractivity contribution in [1.82, 2.24) is 19.4 Å². The Labute approximate surface area is 151 Å². The maximum Gasteiger partial charge on any atom is 0.270 e. The Morgan fingerprint density at radius 2 is 1.96 bits per heavy atom. The molecule has 0 unspecified atom stereocenters. The van der Waals surface area contributed by atoms with Gasteiger partial charge >= 0.3 is 0 Å². The lowest BCUT2D eigenvalue weighted by molar-refractivity contribution is 0.0783. The lowest BCUT2D eigenvalue weighted by Crippen LogP contribution is -2.29. The molecule has 1 aliphatic heterocycles. The van der Waals surface area contributed by atoms with Gasteiger partial charge in [-0.25, -0.2) is 4.98 Å². The Bertz CT molecular complexity index is 1090. The van der Waals surface area contributed by atoms with Gasteiger partial charge in [-0.3, -0.25) is 4.79 Å². The Kier molecular flexibility index (Phi) is 3.35. The summed E-state index contributed by atoms with van der Waals surface area (Å²) in [5.74, 6) is 1.09. The first-order chi connectivity index (χ1) is 12.7. The number of aryl methyl sites for hydroxylation is 1. The third-order valence-corrected chi connectivity index (χ3v) is 5.35. The van der Waals surface area contributed by atoms with Crippen LogP contribution in [0.2, 0.25) is 0 Å². The van der Waals surface area contributed by atoms with Gasteiger partial charge in [0.1, 0.15) is 11.5 Å². The first kappa shape index (κ1) is 15.2. The number of nitrogens with zero attached hydrogens (tertiary/aromatic N) is 3. The zero-order valence-electron chi connectivity index (χ0n) is 14.6. The Morgan fingerprint density at radius 3 is 2.85 bits per heavy atom. The average Bonchev–Trinajstić information content (AvgIpc) is 3.36. The van der Waals surface area contributed by atoms with E-state index in [1.54, 1.807) is 0 Å². The molecule has 1 fully saturated rings. The van der Waals surface area contributed by atoms with Gasteiger partial charge in [0, 0.05) is 24.0 Å². The molecule has 0 bridgehead atoms. The molecule has 1 saturated heterocycles. The van der Waals surface area contributed by atoms with Crippen molar-refractivity contribution in [3.63, 3.8) is 0 Å². The number of hydrogen-bond donors (Lipinski definition) is 1. The SMILES string of the molecule is Cc1nc2ccccc2n1[C@@H]1CCN(C(=O)c2cc3ccccc3[nH]2)C1. The number of hydrogen-bond acceptors (Lipinski definition) is 2. The predicted octanol–water partition coefficient (Wildman–Crippen LogP) is 3.91. The van der Waals surface area contributed by atoms with Gasteiger partial charge in [-0.2, -0.15) is 0 Å². The van der Waals surface area contributed by atoms with Crippen molar-refractivity contribution in [3.8, 4) is 0 Å². The standard InChI is InChI=1S/C21H20N4O/c1-14-22-18-8-4-5-9-20(18)25(14)16-10-11-24(13-16)21(26)19-12-15-6-2-3-7-17(15)23-19/h2-9,12,16,23H,10-11,13H2,1H3/t16-/m1/s1. The predicted molar refractivity (Wildman–Crippen MR) is 102 cm³/mol. The van der Waals surface area contributed by atoms with Crippen molar-refractivity contribution in [1.29, 1.82) is 0 Å². The van der Waals surface area contributed by atoms with Crippen molar-refractivity contribution in [2.45, 2.75) is 19.4 Å². The number of para-hydroxylation sites is 3. The van der Waals surface area contributed by atoms with E-state index in [1.807, 2.05) is 60.4 Å². The molecular weight excluding hydrogens is 324 g/mol. The van der Waals surface area contributed by atoms with Gasteiger partial charge < -0.3 is 14.5 Å². The van der Waals surface area contributed by atoms with Crippen LogP contribution in [-0.2, 0) is 0 Å². The Morgan fingerprint density at radius 1 is 1.15 bits per heavy atom. The lowest BCUT2D eigenvalue weighted by atomic mass is 10.2. The smallest absolute Gasteiger partial charge is 0.270 e. The summed E-state index contributed by atoms with van der Waals surface area (Å²) >= 11 is 0.